The zero-order valence-electron chi connectivity index (χ0n) is 10.8. The number of nitrogens with one attached hydrogen (secondary N) is 2. The number of carbonyl (C=O) groups excluding carboxylic acids is 1. The summed E-state index contributed by atoms with van der Waals surface area (Å²) in [5.74, 6) is -0.367. The number of aliphatic hydroxyl groups is 1. The lowest BCUT2D eigenvalue weighted by atomic mass is 10.1. The third-order valence-electron chi connectivity index (χ3n) is 2.60. The lowest BCUT2D eigenvalue weighted by Crippen LogP contribution is -2.34. The van der Waals surface area contributed by atoms with E-state index in [-0.39, 0.29) is 12.4 Å². The Labute approximate surface area is 119 Å². The number of halogens is 1. The van der Waals surface area contributed by atoms with E-state index in [0.29, 0.717) is 10.7 Å². The van der Waals surface area contributed by atoms with E-state index in [0.717, 1.165) is 5.69 Å². The van der Waals surface area contributed by atoms with Crippen LogP contribution in [0.5, 0.6) is 0 Å². The molecule has 20 heavy (non-hydrogen) atoms. The molecule has 1 atom stereocenters. The van der Waals surface area contributed by atoms with Gasteiger partial charge in [0.2, 0.25) is 0 Å². The lowest BCUT2D eigenvalue weighted by molar-refractivity contribution is 0.225. The minimum Gasteiger partial charge on any atom is -0.394 e. The van der Waals surface area contributed by atoms with Crippen LogP contribution in [0.2, 0.25) is 0 Å². The number of thiazole rings is 1. The molecule has 1 unspecified atom stereocenters. The molecule has 1 aromatic heterocycles. The van der Waals surface area contributed by atoms with Gasteiger partial charge >= 0.3 is 6.03 Å². The SMILES string of the molecule is Cc1csc(NC(=O)NC(CO)c2ccc(F)cc2)n1. The number of carbonyl (C=O) groups is 1. The second-order valence-electron chi connectivity index (χ2n) is 4.18. The third-order valence-corrected chi connectivity index (χ3v) is 3.48. The zero-order chi connectivity index (χ0) is 14.5. The fourth-order valence-corrected chi connectivity index (χ4v) is 2.32. The van der Waals surface area contributed by atoms with Gasteiger partial charge in [-0.25, -0.2) is 14.2 Å². The quantitative estimate of drug-likeness (QED) is 0.811. The third kappa shape index (κ3) is 3.75. The molecule has 0 aliphatic heterocycles. The highest BCUT2D eigenvalue weighted by atomic mass is 32.1. The number of amides is 2. The Balaban J connectivity index is 1.99. The molecule has 2 aromatic rings. The van der Waals surface area contributed by atoms with Gasteiger partial charge in [0, 0.05) is 5.38 Å². The highest BCUT2D eigenvalue weighted by Crippen LogP contribution is 2.16. The maximum Gasteiger partial charge on any atom is 0.321 e. The molecule has 1 heterocycles. The first-order chi connectivity index (χ1) is 9.58. The summed E-state index contributed by atoms with van der Waals surface area (Å²) in [5, 5.41) is 16.8. The van der Waals surface area contributed by atoms with Gasteiger partial charge in [0.15, 0.2) is 5.13 Å². The van der Waals surface area contributed by atoms with Crippen LogP contribution >= 0.6 is 11.3 Å². The van der Waals surface area contributed by atoms with Gasteiger partial charge in [0.25, 0.3) is 0 Å². The van der Waals surface area contributed by atoms with E-state index < -0.39 is 12.1 Å². The number of hydrogen-bond donors (Lipinski definition) is 3. The van der Waals surface area contributed by atoms with Crippen LogP contribution in [0.1, 0.15) is 17.3 Å². The Morgan fingerprint density at radius 3 is 2.70 bits per heavy atom. The van der Waals surface area contributed by atoms with Gasteiger partial charge < -0.3 is 10.4 Å². The molecule has 0 aliphatic rings. The number of rotatable bonds is 4. The summed E-state index contributed by atoms with van der Waals surface area (Å²) in [6.07, 6.45) is 0. The number of benzene rings is 1. The molecule has 0 saturated heterocycles. The second-order valence-corrected chi connectivity index (χ2v) is 5.04. The summed E-state index contributed by atoms with van der Waals surface area (Å²) in [7, 11) is 0. The van der Waals surface area contributed by atoms with Crippen molar-refractivity contribution < 1.29 is 14.3 Å². The molecule has 0 saturated carbocycles. The van der Waals surface area contributed by atoms with Crippen molar-refractivity contribution in [3.8, 4) is 0 Å². The Morgan fingerprint density at radius 2 is 2.15 bits per heavy atom. The van der Waals surface area contributed by atoms with Crippen LogP contribution in [-0.4, -0.2) is 22.7 Å². The first-order valence-electron chi connectivity index (χ1n) is 5.94. The standard InChI is InChI=1S/C13H14FN3O2S/c1-8-7-20-13(15-8)17-12(19)16-11(6-18)9-2-4-10(14)5-3-9/h2-5,7,11,18H,6H2,1H3,(H2,15,16,17,19). The topological polar surface area (TPSA) is 74.2 Å². The minimum atomic E-state index is -0.600. The van der Waals surface area contributed by atoms with E-state index in [2.05, 4.69) is 15.6 Å². The Hall–Kier alpha value is -1.99. The van der Waals surface area contributed by atoms with E-state index in [1.165, 1.54) is 35.6 Å². The highest BCUT2D eigenvalue weighted by Gasteiger charge is 2.14. The van der Waals surface area contributed by atoms with Crippen molar-refractivity contribution in [3.05, 3.63) is 46.7 Å². The lowest BCUT2D eigenvalue weighted by Gasteiger charge is -2.16. The van der Waals surface area contributed by atoms with Gasteiger partial charge in [0.05, 0.1) is 18.3 Å². The smallest absolute Gasteiger partial charge is 0.321 e. The van der Waals surface area contributed by atoms with Crippen LogP contribution in [0, 0.1) is 12.7 Å². The molecule has 0 radical (unpaired) electrons. The molecule has 106 valence electrons. The van der Waals surface area contributed by atoms with Crippen LogP contribution < -0.4 is 10.6 Å². The Bertz CT molecular complexity index is 586. The number of hydrogen-bond acceptors (Lipinski definition) is 4. The molecular formula is C13H14FN3O2S. The van der Waals surface area contributed by atoms with Crippen molar-refractivity contribution in [2.75, 3.05) is 11.9 Å². The maximum absolute atomic E-state index is 12.8. The van der Waals surface area contributed by atoms with Crippen LogP contribution in [0.15, 0.2) is 29.6 Å². The molecule has 7 heteroatoms. The number of aromatic nitrogens is 1. The van der Waals surface area contributed by atoms with Crippen LogP contribution in [0.4, 0.5) is 14.3 Å². The predicted octanol–water partition coefficient (Wildman–Crippen LogP) is 2.45. The van der Waals surface area contributed by atoms with Crippen LogP contribution in [0.25, 0.3) is 0 Å². The average molecular weight is 295 g/mol. The molecule has 3 N–H and O–H groups in total. The van der Waals surface area contributed by atoms with Gasteiger partial charge in [-0.3, -0.25) is 5.32 Å². The average Bonchev–Trinajstić information content (AvgIpc) is 2.82. The molecule has 0 fully saturated rings. The largest absolute Gasteiger partial charge is 0.394 e. The number of aryl methyl sites for hydroxylation is 1. The molecule has 1 aromatic carbocycles. The first-order valence-corrected chi connectivity index (χ1v) is 6.82. The fraction of sp³-hybridized carbons (Fsp3) is 0.231. The van der Waals surface area contributed by atoms with E-state index in [1.54, 1.807) is 0 Å². The molecular weight excluding hydrogens is 281 g/mol. The molecule has 5 nitrogen and oxygen atoms in total. The van der Waals surface area contributed by atoms with Crippen molar-refractivity contribution in [1.29, 1.82) is 0 Å². The van der Waals surface area contributed by atoms with Gasteiger partial charge in [-0.1, -0.05) is 12.1 Å². The molecule has 0 aliphatic carbocycles. The van der Waals surface area contributed by atoms with Crippen LogP contribution in [0.3, 0.4) is 0 Å². The zero-order valence-corrected chi connectivity index (χ0v) is 11.6. The van der Waals surface area contributed by atoms with Crippen molar-refractivity contribution in [2.24, 2.45) is 0 Å². The monoisotopic (exact) mass is 295 g/mol. The number of anilines is 1. The Morgan fingerprint density at radius 1 is 1.45 bits per heavy atom. The van der Waals surface area contributed by atoms with Crippen molar-refractivity contribution in [1.82, 2.24) is 10.3 Å². The normalized spacial score (nSPS) is 11.9. The van der Waals surface area contributed by atoms with Gasteiger partial charge in [-0.05, 0) is 24.6 Å². The molecule has 2 rings (SSSR count). The maximum atomic E-state index is 12.8. The predicted molar refractivity (Wildman–Crippen MR) is 75.2 cm³/mol. The van der Waals surface area contributed by atoms with E-state index in [9.17, 15) is 14.3 Å². The second kappa shape index (κ2) is 6.44. The van der Waals surface area contributed by atoms with Gasteiger partial charge in [0.1, 0.15) is 5.82 Å². The molecule has 0 bridgehead atoms. The van der Waals surface area contributed by atoms with Gasteiger partial charge in [-0.15, -0.1) is 11.3 Å². The highest BCUT2D eigenvalue weighted by molar-refractivity contribution is 7.13. The van der Waals surface area contributed by atoms with Gasteiger partial charge in [-0.2, -0.15) is 0 Å². The minimum absolute atomic E-state index is 0.282. The summed E-state index contributed by atoms with van der Waals surface area (Å²) < 4.78 is 12.8. The summed E-state index contributed by atoms with van der Waals surface area (Å²) in [6.45, 7) is 1.55. The Kier molecular flexibility index (Phi) is 4.65. The number of aliphatic hydroxyl groups excluding tert-OH is 1. The van der Waals surface area contributed by atoms with E-state index in [1.807, 2.05) is 12.3 Å². The number of urea groups is 1. The summed E-state index contributed by atoms with van der Waals surface area (Å²) in [6, 6.07) is 4.52. The van der Waals surface area contributed by atoms with E-state index in [4.69, 9.17) is 0 Å². The van der Waals surface area contributed by atoms with Crippen molar-refractivity contribution >= 4 is 22.5 Å². The summed E-state index contributed by atoms with van der Waals surface area (Å²) >= 11 is 1.32. The summed E-state index contributed by atoms with van der Waals surface area (Å²) in [5.41, 5.74) is 1.45. The fourth-order valence-electron chi connectivity index (χ4n) is 1.63. The van der Waals surface area contributed by atoms with Crippen LogP contribution in [-0.2, 0) is 0 Å². The van der Waals surface area contributed by atoms with Crippen molar-refractivity contribution in [3.63, 3.8) is 0 Å². The first kappa shape index (κ1) is 14.4. The molecule has 2 amide bonds. The van der Waals surface area contributed by atoms with E-state index >= 15 is 0 Å². The summed E-state index contributed by atoms with van der Waals surface area (Å²) in [4.78, 5) is 15.9. The van der Waals surface area contributed by atoms with Crippen molar-refractivity contribution in [2.45, 2.75) is 13.0 Å². The number of nitrogens with zero attached hydrogens (tertiary/aromatic N) is 1. The molecule has 0 spiro atoms.